The summed E-state index contributed by atoms with van der Waals surface area (Å²) in [6, 6.07) is 11.3. The van der Waals surface area contributed by atoms with Crippen molar-refractivity contribution in [2.75, 3.05) is 44.2 Å². The van der Waals surface area contributed by atoms with Crippen LogP contribution in [0.4, 0.5) is 18.9 Å². The van der Waals surface area contributed by atoms with Crippen molar-refractivity contribution in [2.24, 2.45) is 0 Å². The molecule has 0 aliphatic carbocycles. The minimum Gasteiger partial charge on any atom is -0.491 e. The molecular formula is C22H27F3N2O2. The molecule has 3 rings (SSSR count). The van der Waals surface area contributed by atoms with E-state index in [4.69, 9.17) is 4.74 Å². The summed E-state index contributed by atoms with van der Waals surface area (Å²) < 4.78 is 44.5. The van der Waals surface area contributed by atoms with Crippen LogP contribution < -0.4 is 9.64 Å². The summed E-state index contributed by atoms with van der Waals surface area (Å²) in [5.74, 6) is 0.776. The van der Waals surface area contributed by atoms with Gasteiger partial charge in [-0.2, -0.15) is 13.2 Å². The first kappa shape index (κ1) is 21.5. The van der Waals surface area contributed by atoms with Crippen molar-refractivity contribution in [1.29, 1.82) is 0 Å². The highest BCUT2D eigenvalue weighted by Gasteiger charge is 2.31. The monoisotopic (exact) mass is 408 g/mol. The van der Waals surface area contributed by atoms with E-state index in [0.29, 0.717) is 38.4 Å². The molecule has 29 heavy (non-hydrogen) atoms. The van der Waals surface area contributed by atoms with Gasteiger partial charge in [0.15, 0.2) is 0 Å². The van der Waals surface area contributed by atoms with Crippen molar-refractivity contribution in [3.63, 3.8) is 0 Å². The minimum atomic E-state index is -4.34. The van der Waals surface area contributed by atoms with Gasteiger partial charge in [-0.3, -0.25) is 4.90 Å². The van der Waals surface area contributed by atoms with Crippen molar-refractivity contribution in [3.8, 4) is 5.75 Å². The number of ether oxygens (including phenoxy) is 1. The Morgan fingerprint density at radius 3 is 2.41 bits per heavy atom. The fraction of sp³-hybridized carbons (Fsp3) is 0.455. The Balaban J connectivity index is 1.48. The third kappa shape index (κ3) is 5.64. The number of aliphatic hydroxyl groups excluding tert-OH is 1. The maximum absolute atomic E-state index is 12.9. The van der Waals surface area contributed by atoms with Gasteiger partial charge >= 0.3 is 6.18 Å². The first-order valence-corrected chi connectivity index (χ1v) is 9.75. The minimum absolute atomic E-state index is 0.206. The first-order chi connectivity index (χ1) is 13.7. The molecular weight excluding hydrogens is 381 g/mol. The Labute approximate surface area is 169 Å². The number of hydrogen-bond acceptors (Lipinski definition) is 4. The van der Waals surface area contributed by atoms with Crippen LogP contribution in [-0.2, 0) is 6.18 Å². The Hall–Kier alpha value is -2.25. The van der Waals surface area contributed by atoms with Crippen molar-refractivity contribution in [2.45, 2.75) is 26.1 Å². The maximum atomic E-state index is 12.9. The topological polar surface area (TPSA) is 35.9 Å². The van der Waals surface area contributed by atoms with Crippen molar-refractivity contribution in [3.05, 3.63) is 59.2 Å². The van der Waals surface area contributed by atoms with Crippen LogP contribution in [0.2, 0.25) is 0 Å². The zero-order valence-electron chi connectivity index (χ0n) is 16.7. The maximum Gasteiger partial charge on any atom is 0.416 e. The van der Waals surface area contributed by atoms with Gasteiger partial charge < -0.3 is 14.7 Å². The smallest absolute Gasteiger partial charge is 0.416 e. The second-order valence-corrected chi connectivity index (χ2v) is 7.50. The Bertz CT molecular complexity index is 818. The molecule has 1 atom stereocenters. The molecule has 7 heteroatoms. The molecule has 2 aromatic rings. The van der Waals surface area contributed by atoms with E-state index in [1.54, 1.807) is 6.07 Å². The fourth-order valence-electron chi connectivity index (χ4n) is 3.48. The van der Waals surface area contributed by atoms with Crippen LogP contribution in [0, 0.1) is 13.8 Å². The van der Waals surface area contributed by atoms with E-state index in [9.17, 15) is 18.3 Å². The Morgan fingerprint density at radius 2 is 1.72 bits per heavy atom. The van der Waals surface area contributed by atoms with Gasteiger partial charge in [-0.25, -0.2) is 0 Å². The van der Waals surface area contributed by atoms with E-state index in [-0.39, 0.29) is 6.61 Å². The van der Waals surface area contributed by atoms with Gasteiger partial charge in [-0.05, 0) is 49.2 Å². The van der Waals surface area contributed by atoms with E-state index in [1.807, 2.05) is 36.9 Å². The average molecular weight is 408 g/mol. The van der Waals surface area contributed by atoms with Gasteiger partial charge in [-0.15, -0.1) is 0 Å². The summed E-state index contributed by atoms with van der Waals surface area (Å²) in [6.45, 7) is 7.28. The van der Waals surface area contributed by atoms with Crippen molar-refractivity contribution >= 4 is 5.69 Å². The molecule has 0 amide bonds. The molecule has 1 N–H and O–H groups in total. The zero-order chi connectivity index (χ0) is 21.0. The number of aryl methyl sites for hydroxylation is 1. The highest BCUT2D eigenvalue weighted by Crippen LogP contribution is 2.31. The number of piperazine rings is 1. The third-order valence-corrected chi connectivity index (χ3v) is 5.37. The Morgan fingerprint density at radius 1 is 1.03 bits per heavy atom. The van der Waals surface area contributed by atoms with Crippen LogP contribution in [0.5, 0.6) is 5.75 Å². The molecule has 158 valence electrons. The highest BCUT2D eigenvalue weighted by atomic mass is 19.4. The summed E-state index contributed by atoms with van der Waals surface area (Å²) in [5.41, 5.74) is 2.16. The number of nitrogens with zero attached hydrogens (tertiary/aromatic N) is 2. The predicted molar refractivity (Wildman–Crippen MR) is 108 cm³/mol. The predicted octanol–water partition coefficient (Wildman–Crippen LogP) is 3.88. The molecule has 1 heterocycles. The summed E-state index contributed by atoms with van der Waals surface area (Å²) in [6.07, 6.45) is -4.97. The van der Waals surface area contributed by atoms with Crippen LogP contribution in [0.15, 0.2) is 42.5 Å². The van der Waals surface area contributed by atoms with E-state index in [0.717, 1.165) is 22.9 Å². The lowest BCUT2D eigenvalue weighted by Gasteiger charge is -2.37. The highest BCUT2D eigenvalue weighted by molar-refractivity contribution is 5.49. The molecule has 1 aliphatic rings. The molecule has 1 saturated heterocycles. The second kappa shape index (κ2) is 9.05. The molecule has 1 aliphatic heterocycles. The third-order valence-electron chi connectivity index (χ3n) is 5.37. The summed E-state index contributed by atoms with van der Waals surface area (Å²) in [4.78, 5) is 4.06. The zero-order valence-corrected chi connectivity index (χ0v) is 16.7. The lowest BCUT2D eigenvalue weighted by Crippen LogP contribution is -2.49. The Kier molecular flexibility index (Phi) is 6.70. The van der Waals surface area contributed by atoms with E-state index < -0.39 is 17.8 Å². The molecule has 4 nitrogen and oxygen atoms in total. The summed E-state index contributed by atoms with van der Waals surface area (Å²) in [5, 5.41) is 10.3. The quantitative estimate of drug-likeness (QED) is 0.787. The van der Waals surface area contributed by atoms with Crippen LogP contribution in [0.3, 0.4) is 0 Å². The molecule has 0 bridgehead atoms. The largest absolute Gasteiger partial charge is 0.491 e. The van der Waals surface area contributed by atoms with Gasteiger partial charge in [0.25, 0.3) is 0 Å². The number of anilines is 1. The fourth-order valence-corrected chi connectivity index (χ4v) is 3.48. The SMILES string of the molecule is Cc1cccc(OC[C@H](O)CN2CCN(c3cccc(C(F)(F)F)c3)CC2)c1C. The van der Waals surface area contributed by atoms with Crippen molar-refractivity contribution < 1.29 is 23.0 Å². The number of β-amino-alcohol motifs (C(OH)–C–C–N with tert-alkyl or cyclic N) is 1. The van der Waals surface area contributed by atoms with Crippen LogP contribution in [-0.4, -0.2) is 55.4 Å². The lowest BCUT2D eigenvalue weighted by atomic mass is 10.1. The molecule has 0 aromatic heterocycles. The summed E-state index contributed by atoms with van der Waals surface area (Å²) >= 11 is 0. The number of rotatable bonds is 6. The number of hydrogen-bond donors (Lipinski definition) is 1. The van der Waals surface area contributed by atoms with Gasteiger partial charge in [0, 0.05) is 38.4 Å². The normalized spacial score (nSPS) is 16.7. The number of aliphatic hydroxyl groups is 1. The molecule has 0 spiro atoms. The van der Waals surface area contributed by atoms with Crippen molar-refractivity contribution in [1.82, 2.24) is 4.90 Å². The molecule has 1 fully saturated rings. The standard InChI is InChI=1S/C22H27F3N2O2/c1-16-5-3-8-21(17(16)2)29-15-20(28)14-26-9-11-27(12-10-26)19-7-4-6-18(13-19)22(23,24)25/h3-8,13,20,28H,9-12,14-15H2,1-2H3/t20-/m1/s1. The average Bonchev–Trinajstić information content (AvgIpc) is 2.69. The lowest BCUT2D eigenvalue weighted by molar-refractivity contribution is -0.137. The number of alkyl halides is 3. The number of halogens is 3. The molecule has 2 aromatic carbocycles. The van der Waals surface area contributed by atoms with Crippen LogP contribution in [0.1, 0.15) is 16.7 Å². The van der Waals surface area contributed by atoms with Crippen LogP contribution in [0.25, 0.3) is 0 Å². The van der Waals surface area contributed by atoms with E-state index in [2.05, 4.69) is 4.90 Å². The number of benzene rings is 2. The summed E-state index contributed by atoms with van der Waals surface area (Å²) in [7, 11) is 0. The second-order valence-electron chi connectivity index (χ2n) is 7.50. The van der Waals surface area contributed by atoms with Gasteiger partial charge in [0.1, 0.15) is 18.5 Å². The molecule has 0 radical (unpaired) electrons. The van der Waals surface area contributed by atoms with Gasteiger partial charge in [0.05, 0.1) is 5.56 Å². The van der Waals surface area contributed by atoms with Gasteiger partial charge in [-0.1, -0.05) is 18.2 Å². The molecule has 0 saturated carbocycles. The molecule has 0 unspecified atom stereocenters. The van der Waals surface area contributed by atoms with Crippen LogP contribution >= 0.6 is 0 Å². The van der Waals surface area contributed by atoms with E-state index in [1.165, 1.54) is 12.1 Å². The first-order valence-electron chi connectivity index (χ1n) is 9.75. The van der Waals surface area contributed by atoms with E-state index >= 15 is 0 Å². The van der Waals surface area contributed by atoms with Gasteiger partial charge in [0.2, 0.25) is 0 Å².